The number of amides is 2. The van der Waals surface area contributed by atoms with Gasteiger partial charge in [0, 0.05) is 11.8 Å². The highest BCUT2D eigenvalue weighted by molar-refractivity contribution is 6.46. The monoisotopic (exact) mass is 441 g/mol. The van der Waals surface area contributed by atoms with E-state index >= 15 is 0 Å². The van der Waals surface area contributed by atoms with E-state index in [1.807, 2.05) is 13.0 Å². The average Bonchev–Trinajstić information content (AvgIpc) is 3.08. The summed E-state index contributed by atoms with van der Waals surface area (Å²) in [6.07, 6.45) is 0.851. The number of hydrogen-bond donors (Lipinski definition) is 1. The van der Waals surface area contributed by atoms with Crippen LogP contribution in [0.25, 0.3) is 5.57 Å². The highest BCUT2D eigenvalue weighted by Crippen LogP contribution is 2.34. The van der Waals surface area contributed by atoms with Crippen molar-refractivity contribution in [1.82, 2.24) is 0 Å². The number of ether oxygens (including phenoxy) is 1. The van der Waals surface area contributed by atoms with Crippen LogP contribution >= 0.6 is 0 Å². The number of nitriles is 1. The molecule has 164 valence electrons. The average molecular weight is 441 g/mol. The fourth-order valence-corrected chi connectivity index (χ4v) is 3.48. The van der Waals surface area contributed by atoms with Gasteiger partial charge in [0.25, 0.3) is 11.8 Å². The summed E-state index contributed by atoms with van der Waals surface area (Å²) < 4.78 is 19.2. The van der Waals surface area contributed by atoms with Gasteiger partial charge in [0.1, 0.15) is 17.3 Å². The van der Waals surface area contributed by atoms with E-state index in [0.717, 1.165) is 11.3 Å². The van der Waals surface area contributed by atoms with E-state index in [1.165, 1.54) is 36.4 Å². The molecule has 1 aliphatic heterocycles. The Morgan fingerprint density at radius 3 is 2.39 bits per heavy atom. The van der Waals surface area contributed by atoms with Crippen LogP contribution in [0.5, 0.6) is 5.75 Å². The van der Waals surface area contributed by atoms with Crippen LogP contribution in [-0.4, -0.2) is 18.4 Å². The van der Waals surface area contributed by atoms with E-state index in [1.54, 1.807) is 36.4 Å². The fraction of sp³-hybridized carbons (Fsp3) is 0.115. The lowest BCUT2D eigenvalue weighted by molar-refractivity contribution is -0.120. The first kappa shape index (κ1) is 21.8. The third-order valence-electron chi connectivity index (χ3n) is 5.05. The predicted molar refractivity (Wildman–Crippen MR) is 123 cm³/mol. The molecule has 1 heterocycles. The molecule has 0 atom stereocenters. The molecule has 4 rings (SSSR count). The highest BCUT2D eigenvalue weighted by Gasteiger charge is 2.40. The van der Waals surface area contributed by atoms with Gasteiger partial charge < -0.3 is 10.1 Å². The van der Waals surface area contributed by atoms with E-state index in [-0.39, 0.29) is 11.3 Å². The number of hydrogen-bond acceptors (Lipinski definition) is 5. The predicted octanol–water partition coefficient (Wildman–Crippen LogP) is 4.88. The van der Waals surface area contributed by atoms with Crippen LogP contribution in [0.3, 0.4) is 0 Å². The number of nitrogens with zero attached hydrogens (tertiary/aromatic N) is 2. The van der Waals surface area contributed by atoms with E-state index in [0.29, 0.717) is 34.9 Å². The van der Waals surface area contributed by atoms with Gasteiger partial charge in [-0.1, -0.05) is 25.1 Å². The SMILES string of the molecule is CCCOc1cccc(NC2=C(c3ccc(F)cc3)C(=O)N(c3ccc(C#N)cc3)C2=O)c1. The van der Waals surface area contributed by atoms with Crippen molar-refractivity contribution in [3.8, 4) is 11.8 Å². The molecule has 0 fully saturated rings. The third-order valence-corrected chi connectivity index (χ3v) is 5.05. The molecule has 0 radical (unpaired) electrons. The molecule has 0 aromatic heterocycles. The Balaban J connectivity index is 1.75. The first-order valence-electron chi connectivity index (χ1n) is 10.4. The summed E-state index contributed by atoms with van der Waals surface area (Å²) in [6.45, 7) is 2.55. The molecule has 2 amide bonds. The zero-order valence-corrected chi connectivity index (χ0v) is 17.8. The number of anilines is 2. The zero-order valence-electron chi connectivity index (χ0n) is 17.8. The summed E-state index contributed by atoms with van der Waals surface area (Å²) in [6, 6.07) is 20.6. The molecule has 0 saturated carbocycles. The van der Waals surface area contributed by atoms with Crippen molar-refractivity contribution in [1.29, 1.82) is 5.26 Å². The van der Waals surface area contributed by atoms with Crippen molar-refractivity contribution in [3.05, 3.63) is 95.4 Å². The quantitative estimate of drug-likeness (QED) is 0.529. The lowest BCUT2D eigenvalue weighted by Gasteiger charge is -2.15. The molecule has 1 N–H and O–H groups in total. The molecule has 1 aliphatic rings. The maximum absolute atomic E-state index is 13.5. The van der Waals surface area contributed by atoms with Crippen LogP contribution in [-0.2, 0) is 9.59 Å². The van der Waals surface area contributed by atoms with Crippen molar-refractivity contribution in [2.45, 2.75) is 13.3 Å². The van der Waals surface area contributed by atoms with Crippen LogP contribution < -0.4 is 15.0 Å². The summed E-state index contributed by atoms with van der Waals surface area (Å²) in [4.78, 5) is 27.8. The highest BCUT2D eigenvalue weighted by atomic mass is 19.1. The summed E-state index contributed by atoms with van der Waals surface area (Å²) in [5, 5.41) is 12.1. The van der Waals surface area contributed by atoms with Gasteiger partial charge in [-0.25, -0.2) is 9.29 Å². The molecular formula is C26H20FN3O3. The lowest BCUT2D eigenvalue weighted by atomic mass is 10.0. The number of carbonyl (C=O) groups is 2. The van der Waals surface area contributed by atoms with Crippen LogP contribution in [0, 0.1) is 17.1 Å². The van der Waals surface area contributed by atoms with Crippen molar-refractivity contribution < 1.29 is 18.7 Å². The molecule has 0 bridgehead atoms. The first-order chi connectivity index (χ1) is 16.0. The Morgan fingerprint density at radius 2 is 1.73 bits per heavy atom. The fourth-order valence-electron chi connectivity index (χ4n) is 3.48. The largest absolute Gasteiger partial charge is 0.494 e. The van der Waals surface area contributed by atoms with Gasteiger partial charge in [-0.05, 0) is 60.5 Å². The van der Waals surface area contributed by atoms with Crippen LogP contribution in [0.1, 0.15) is 24.5 Å². The topological polar surface area (TPSA) is 82.4 Å². The van der Waals surface area contributed by atoms with Gasteiger partial charge in [0.05, 0.1) is 29.5 Å². The molecule has 33 heavy (non-hydrogen) atoms. The molecule has 7 heteroatoms. The van der Waals surface area contributed by atoms with Crippen molar-refractivity contribution in [2.24, 2.45) is 0 Å². The van der Waals surface area contributed by atoms with Gasteiger partial charge in [0.15, 0.2) is 0 Å². The second kappa shape index (κ2) is 9.37. The smallest absolute Gasteiger partial charge is 0.282 e. The maximum Gasteiger partial charge on any atom is 0.282 e. The van der Waals surface area contributed by atoms with E-state index < -0.39 is 17.6 Å². The van der Waals surface area contributed by atoms with Crippen LogP contribution in [0.15, 0.2) is 78.5 Å². The number of carbonyl (C=O) groups excluding carboxylic acids is 2. The molecule has 3 aromatic rings. The van der Waals surface area contributed by atoms with Gasteiger partial charge >= 0.3 is 0 Å². The standard InChI is InChI=1S/C26H20FN3O3/c1-2-14-33-22-5-3-4-20(15-22)29-24-23(18-8-10-19(27)11-9-18)25(31)30(26(24)32)21-12-6-17(16-28)7-13-21/h3-13,15,29H,2,14H2,1H3. The van der Waals surface area contributed by atoms with Gasteiger partial charge in [-0.2, -0.15) is 5.26 Å². The number of rotatable bonds is 7. The maximum atomic E-state index is 13.5. The molecular weight excluding hydrogens is 421 g/mol. The van der Waals surface area contributed by atoms with Crippen LogP contribution in [0.2, 0.25) is 0 Å². The minimum absolute atomic E-state index is 0.0728. The summed E-state index contributed by atoms with van der Waals surface area (Å²) in [5.74, 6) is -0.914. The Kier molecular flexibility index (Phi) is 6.18. The summed E-state index contributed by atoms with van der Waals surface area (Å²) >= 11 is 0. The molecule has 3 aromatic carbocycles. The third kappa shape index (κ3) is 4.46. The van der Waals surface area contributed by atoms with E-state index in [9.17, 15) is 14.0 Å². The number of benzene rings is 3. The number of nitrogens with one attached hydrogen (secondary N) is 1. The zero-order chi connectivity index (χ0) is 23.4. The molecule has 0 spiro atoms. The molecule has 0 aliphatic carbocycles. The Hall–Kier alpha value is -4.44. The Morgan fingerprint density at radius 1 is 1.00 bits per heavy atom. The Bertz CT molecular complexity index is 1280. The normalized spacial score (nSPS) is 13.3. The molecule has 0 unspecified atom stereocenters. The number of halogens is 1. The van der Waals surface area contributed by atoms with Gasteiger partial charge in [-0.3, -0.25) is 9.59 Å². The van der Waals surface area contributed by atoms with E-state index in [4.69, 9.17) is 10.00 Å². The second-order valence-electron chi connectivity index (χ2n) is 7.36. The minimum atomic E-state index is -0.552. The summed E-state index contributed by atoms with van der Waals surface area (Å²) in [5.41, 5.74) is 1.92. The molecule has 0 saturated heterocycles. The first-order valence-corrected chi connectivity index (χ1v) is 10.4. The van der Waals surface area contributed by atoms with Gasteiger partial charge in [-0.15, -0.1) is 0 Å². The van der Waals surface area contributed by atoms with Crippen molar-refractivity contribution in [2.75, 3.05) is 16.8 Å². The lowest BCUT2D eigenvalue weighted by Crippen LogP contribution is -2.32. The minimum Gasteiger partial charge on any atom is -0.494 e. The van der Waals surface area contributed by atoms with Crippen molar-refractivity contribution >= 4 is 28.8 Å². The second-order valence-corrected chi connectivity index (χ2v) is 7.36. The Labute approximate surface area is 190 Å². The molecule has 6 nitrogen and oxygen atoms in total. The van der Waals surface area contributed by atoms with Crippen LogP contribution in [0.4, 0.5) is 15.8 Å². The van der Waals surface area contributed by atoms with E-state index in [2.05, 4.69) is 5.32 Å². The number of imide groups is 1. The summed E-state index contributed by atoms with van der Waals surface area (Å²) in [7, 11) is 0. The van der Waals surface area contributed by atoms with Gasteiger partial charge in [0.2, 0.25) is 0 Å². The van der Waals surface area contributed by atoms with Crippen molar-refractivity contribution in [3.63, 3.8) is 0 Å².